The van der Waals surface area contributed by atoms with Crippen LogP contribution >= 0.6 is 0 Å². The van der Waals surface area contributed by atoms with Gasteiger partial charge in [0.1, 0.15) is 11.3 Å². The summed E-state index contributed by atoms with van der Waals surface area (Å²) >= 11 is 0. The van der Waals surface area contributed by atoms with Crippen LogP contribution < -0.4 is 10.5 Å². The van der Waals surface area contributed by atoms with E-state index in [1.54, 1.807) is 30.3 Å². The second-order valence-electron chi connectivity index (χ2n) is 8.62. The number of hydrogen-bond acceptors (Lipinski definition) is 5. The fourth-order valence-electron chi connectivity index (χ4n) is 4.33. The summed E-state index contributed by atoms with van der Waals surface area (Å²) in [6.07, 6.45) is 7.10. The van der Waals surface area contributed by atoms with Gasteiger partial charge >= 0.3 is 0 Å². The topological polar surface area (TPSA) is 103 Å². The van der Waals surface area contributed by atoms with Crippen LogP contribution in [0.1, 0.15) is 51.3 Å². The number of hydrogen-bond donors (Lipinski definition) is 2. The zero-order chi connectivity index (χ0) is 24.0. The Hall–Kier alpha value is -2.97. The molecule has 2 heterocycles. The van der Waals surface area contributed by atoms with Crippen molar-refractivity contribution >= 4 is 37.8 Å². The van der Waals surface area contributed by atoms with Crippen LogP contribution in [0.2, 0.25) is 0 Å². The fourth-order valence-corrected chi connectivity index (χ4v) is 5.43. The lowest BCUT2D eigenvalue weighted by atomic mass is 10.1. The van der Waals surface area contributed by atoms with Crippen molar-refractivity contribution in [2.24, 2.45) is 0 Å². The molecule has 2 aromatic carbocycles. The summed E-state index contributed by atoms with van der Waals surface area (Å²) in [7, 11) is -3.48. The number of nitrogens with zero attached hydrogens (tertiary/aromatic N) is 3. The van der Waals surface area contributed by atoms with Gasteiger partial charge in [0.25, 0.3) is 0 Å². The largest absolute Gasteiger partial charge is 0.382 e. The van der Waals surface area contributed by atoms with Crippen molar-refractivity contribution in [1.29, 1.82) is 0 Å². The van der Waals surface area contributed by atoms with Crippen LogP contribution in [0.25, 0.3) is 21.9 Å². The number of fused-ring (bicyclic) bond motifs is 3. The highest BCUT2D eigenvalue weighted by Crippen LogP contribution is 2.29. The SMILES string of the molecule is CCCCCCc1nc2c(N)nc3ccccc3c2n1CCCCNS(=O)(=O)c1ccccc1. The Morgan fingerprint density at radius 3 is 2.47 bits per heavy atom. The fraction of sp³-hybridized carbons (Fsp3) is 0.385. The van der Waals surface area contributed by atoms with Crippen molar-refractivity contribution in [3.05, 3.63) is 60.4 Å². The molecular formula is C26H33N5O2S. The molecule has 0 unspecified atom stereocenters. The van der Waals surface area contributed by atoms with E-state index in [4.69, 9.17) is 10.7 Å². The maximum absolute atomic E-state index is 12.5. The van der Waals surface area contributed by atoms with Crippen LogP contribution in [-0.2, 0) is 23.0 Å². The van der Waals surface area contributed by atoms with E-state index in [-0.39, 0.29) is 0 Å². The molecule has 180 valence electrons. The molecule has 0 saturated carbocycles. The lowest BCUT2D eigenvalue weighted by Gasteiger charge is -2.12. The van der Waals surface area contributed by atoms with E-state index in [0.717, 1.165) is 60.0 Å². The average molecular weight is 480 g/mol. The van der Waals surface area contributed by atoms with Gasteiger partial charge in [0.05, 0.1) is 15.9 Å². The van der Waals surface area contributed by atoms with Crippen molar-refractivity contribution in [2.45, 2.75) is 63.3 Å². The average Bonchev–Trinajstić information content (AvgIpc) is 3.21. The molecule has 34 heavy (non-hydrogen) atoms. The molecule has 7 nitrogen and oxygen atoms in total. The molecule has 0 aliphatic carbocycles. The molecule has 0 amide bonds. The maximum Gasteiger partial charge on any atom is 0.240 e. The van der Waals surface area contributed by atoms with Crippen LogP contribution in [0.4, 0.5) is 5.82 Å². The van der Waals surface area contributed by atoms with Gasteiger partial charge in [-0.3, -0.25) is 0 Å². The zero-order valence-electron chi connectivity index (χ0n) is 19.7. The first-order chi connectivity index (χ1) is 16.5. The lowest BCUT2D eigenvalue weighted by Crippen LogP contribution is -2.25. The predicted octanol–water partition coefficient (Wildman–Crippen LogP) is 5.05. The molecule has 0 aliphatic rings. The van der Waals surface area contributed by atoms with Gasteiger partial charge in [-0.25, -0.2) is 23.1 Å². The first-order valence-electron chi connectivity index (χ1n) is 12.1. The molecular weight excluding hydrogens is 446 g/mol. The van der Waals surface area contributed by atoms with Crippen molar-refractivity contribution in [3.8, 4) is 0 Å². The zero-order valence-corrected chi connectivity index (χ0v) is 20.5. The number of anilines is 1. The Morgan fingerprint density at radius 2 is 1.68 bits per heavy atom. The van der Waals surface area contributed by atoms with E-state index in [0.29, 0.717) is 17.3 Å². The smallest absolute Gasteiger partial charge is 0.240 e. The van der Waals surface area contributed by atoms with E-state index < -0.39 is 10.0 Å². The number of nitrogen functional groups attached to an aromatic ring is 1. The van der Waals surface area contributed by atoms with Crippen LogP contribution in [0.15, 0.2) is 59.5 Å². The first kappa shape index (κ1) is 24.2. The van der Waals surface area contributed by atoms with E-state index in [9.17, 15) is 8.42 Å². The summed E-state index contributed by atoms with van der Waals surface area (Å²) < 4.78 is 29.9. The third-order valence-electron chi connectivity index (χ3n) is 6.10. The molecule has 0 atom stereocenters. The number of sulfonamides is 1. The molecule has 2 aromatic heterocycles. The molecule has 8 heteroatoms. The van der Waals surface area contributed by atoms with E-state index in [1.165, 1.54) is 19.3 Å². The highest BCUT2D eigenvalue weighted by Gasteiger charge is 2.17. The maximum atomic E-state index is 12.5. The van der Waals surface area contributed by atoms with E-state index in [1.807, 2.05) is 18.2 Å². The van der Waals surface area contributed by atoms with Gasteiger partial charge in [0, 0.05) is 24.9 Å². The standard InChI is InChI=1S/C26H33N5O2S/c1-2-3-4-8-17-23-30-24-25(21-15-9-10-16-22(21)29-26(24)27)31(23)19-12-11-18-28-34(32,33)20-13-6-5-7-14-20/h5-7,9-10,13-16,28H,2-4,8,11-12,17-19H2,1H3,(H2,27,29). The summed E-state index contributed by atoms with van der Waals surface area (Å²) in [5.74, 6) is 1.48. The Kier molecular flexibility index (Phi) is 7.80. The summed E-state index contributed by atoms with van der Waals surface area (Å²) in [4.78, 5) is 9.75. The highest BCUT2D eigenvalue weighted by atomic mass is 32.2. The molecule has 0 radical (unpaired) electrons. The second kappa shape index (κ2) is 11.0. The van der Waals surface area contributed by atoms with Gasteiger partial charge in [-0.05, 0) is 37.5 Å². The number of imidazole rings is 1. The van der Waals surface area contributed by atoms with E-state index in [2.05, 4.69) is 27.3 Å². The highest BCUT2D eigenvalue weighted by molar-refractivity contribution is 7.89. The summed E-state index contributed by atoms with van der Waals surface area (Å²) in [6, 6.07) is 16.5. The van der Waals surface area contributed by atoms with Gasteiger partial charge in [-0.2, -0.15) is 0 Å². The van der Waals surface area contributed by atoms with Crippen molar-refractivity contribution in [3.63, 3.8) is 0 Å². The van der Waals surface area contributed by atoms with Crippen LogP contribution in [-0.4, -0.2) is 29.5 Å². The monoisotopic (exact) mass is 479 g/mol. The van der Waals surface area contributed by atoms with E-state index >= 15 is 0 Å². The quantitative estimate of drug-likeness (QED) is 0.277. The lowest BCUT2D eigenvalue weighted by molar-refractivity contribution is 0.559. The third-order valence-corrected chi connectivity index (χ3v) is 7.57. The van der Waals surface area contributed by atoms with Gasteiger partial charge in [0.2, 0.25) is 10.0 Å². The molecule has 0 spiro atoms. The summed E-state index contributed by atoms with van der Waals surface area (Å²) in [5.41, 5.74) is 8.94. The van der Waals surface area contributed by atoms with Crippen molar-refractivity contribution < 1.29 is 8.42 Å². The number of rotatable bonds is 12. The Balaban J connectivity index is 1.51. The number of benzene rings is 2. The first-order valence-corrected chi connectivity index (χ1v) is 13.6. The van der Waals surface area contributed by atoms with Gasteiger partial charge in [0.15, 0.2) is 5.82 Å². The molecule has 3 N–H and O–H groups in total. The molecule has 0 fully saturated rings. The second-order valence-corrected chi connectivity index (χ2v) is 10.4. The molecule has 0 saturated heterocycles. The number of aryl methyl sites for hydroxylation is 2. The van der Waals surface area contributed by atoms with Gasteiger partial charge < -0.3 is 10.3 Å². The van der Waals surface area contributed by atoms with Crippen molar-refractivity contribution in [2.75, 3.05) is 12.3 Å². The minimum absolute atomic E-state index is 0.291. The summed E-state index contributed by atoms with van der Waals surface area (Å²) in [5, 5.41) is 1.05. The predicted molar refractivity (Wildman–Crippen MR) is 138 cm³/mol. The minimum Gasteiger partial charge on any atom is -0.382 e. The summed E-state index contributed by atoms with van der Waals surface area (Å²) in [6.45, 7) is 3.35. The Morgan fingerprint density at radius 1 is 0.912 bits per heavy atom. The molecule has 0 bridgehead atoms. The van der Waals surface area contributed by atoms with Crippen LogP contribution in [0, 0.1) is 0 Å². The molecule has 0 aliphatic heterocycles. The Labute approximate surface area is 201 Å². The molecule has 4 rings (SSSR count). The minimum atomic E-state index is -3.48. The third kappa shape index (κ3) is 5.39. The number of nitrogens with two attached hydrogens (primary N) is 1. The number of para-hydroxylation sites is 1. The Bertz CT molecular complexity index is 1350. The van der Waals surface area contributed by atoms with Gasteiger partial charge in [-0.15, -0.1) is 0 Å². The van der Waals surface area contributed by atoms with Gasteiger partial charge in [-0.1, -0.05) is 62.6 Å². The van der Waals surface area contributed by atoms with Crippen LogP contribution in [0.3, 0.4) is 0 Å². The number of nitrogens with one attached hydrogen (secondary N) is 1. The number of unbranched alkanes of at least 4 members (excludes halogenated alkanes) is 4. The normalized spacial score (nSPS) is 12.0. The van der Waals surface area contributed by atoms with Crippen LogP contribution in [0.5, 0.6) is 0 Å². The molecule has 4 aromatic rings. The van der Waals surface area contributed by atoms with Crippen molar-refractivity contribution in [1.82, 2.24) is 19.3 Å². The number of pyridine rings is 1. The number of aromatic nitrogens is 3.